The average Bonchev–Trinajstić information content (AvgIpc) is 2.54. The Kier molecular flexibility index (Phi) is 3.96. The van der Waals surface area contributed by atoms with Crippen LogP contribution in [-0.2, 0) is 7.05 Å². The van der Waals surface area contributed by atoms with E-state index in [-0.39, 0.29) is 10.8 Å². The van der Waals surface area contributed by atoms with E-state index in [0.717, 1.165) is 11.1 Å². The average molecular weight is 332 g/mol. The highest BCUT2D eigenvalue weighted by Gasteiger charge is 2.17. The first-order chi connectivity index (χ1) is 10.6. The minimum Gasteiger partial charge on any atom is -0.286 e. The van der Waals surface area contributed by atoms with Crippen molar-refractivity contribution in [2.45, 2.75) is 0 Å². The molecule has 0 aliphatic carbocycles. The van der Waals surface area contributed by atoms with Crippen molar-refractivity contribution in [3.8, 4) is 22.4 Å². The first kappa shape index (κ1) is 14.8. The van der Waals surface area contributed by atoms with Gasteiger partial charge in [0.15, 0.2) is 0 Å². The molecule has 110 valence electrons. The maximum atomic E-state index is 12.7. The van der Waals surface area contributed by atoms with Gasteiger partial charge in [-0.05, 0) is 41.4 Å². The van der Waals surface area contributed by atoms with Gasteiger partial charge in [-0.2, -0.15) is 0 Å². The van der Waals surface area contributed by atoms with E-state index in [2.05, 4.69) is 9.97 Å². The van der Waals surface area contributed by atoms with Crippen LogP contribution in [0, 0.1) is 0 Å². The Balaban J connectivity index is 2.34. The van der Waals surface area contributed by atoms with Crippen molar-refractivity contribution in [3.63, 3.8) is 0 Å². The molecule has 0 aliphatic rings. The van der Waals surface area contributed by atoms with E-state index in [1.54, 1.807) is 55.8 Å². The molecule has 0 fully saturated rings. The number of pyridine rings is 1. The van der Waals surface area contributed by atoms with Gasteiger partial charge in [0, 0.05) is 30.0 Å². The summed E-state index contributed by atoms with van der Waals surface area (Å²) in [7, 11) is 1.59. The van der Waals surface area contributed by atoms with E-state index in [1.807, 2.05) is 0 Å². The molecule has 0 unspecified atom stereocenters. The number of nitrogens with zero attached hydrogens (tertiary/aromatic N) is 3. The quantitative estimate of drug-likeness (QED) is 0.671. The molecule has 0 spiro atoms. The smallest absolute Gasteiger partial charge is 0.262 e. The van der Waals surface area contributed by atoms with Crippen LogP contribution in [0.3, 0.4) is 0 Å². The molecule has 2 heterocycles. The van der Waals surface area contributed by atoms with Crippen LogP contribution in [-0.4, -0.2) is 14.5 Å². The van der Waals surface area contributed by atoms with E-state index in [9.17, 15) is 4.79 Å². The second-order valence-corrected chi connectivity index (χ2v) is 5.49. The molecule has 3 aromatic rings. The Hall–Kier alpha value is -2.17. The van der Waals surface area contributed by atoms with Crippen LogP contribution in [0.5, 0.6) is 0 Å². The summed E-state index contributed by atoms with van der Waals surface area (Å²) < 4.78 is 1.32. The second-order valence-electron chi connectivity index (χ2n) is 4.71. The number of benzene rings is 1. The largest absolute Gasteiger partial charge is 0.286 e. The molecule has 0 amide bonds. The molecule has 0 saturated carbocycles. The Morgan fingerprint density at radius 1 is 0.955 bits per heavy atom. The molecule has 4 nitrogen and oxygen atoms in total. The molecule has 3 rings (SSSR count). The Morgan fingerprint density at radius 3 is 2.23 bits per heavy atom. The summed E-state index contributed by atoms with van der Waals surface area (Å²) in [4.78, 5) is 21.0. The van der Waals surface area contributed by atoms with Gasteiger partial charge in [0.2, 0.25) is 5.28 Å². The third-order valence-electron chi connectivity index (χ3n) is 3.32. The first-order valence-electron chi connectivity index (χ1n) is 6.51. The van der Waals surface area contributed by atoms with Gasteiger partial charge >= 0.3 is 0 Å². The Bertz CT molecular complexity index is 874. The van der Waals surface area contributed by atoms with Crippen LogP contribution in [0.15, 0.2) is 53.6 Å². The monoisotopic (exact) mass is 331 g/mol. The molecule has 2 aromatic heterocycles. The van der Waals surface area contributed by atoms with Crippen molar-refractivity contribution in [2.75, 3.05) is 0 Å². The topological polar surface area (TPSA) is 47.8 Å². The Morgan fingerprint density at radius 2 is 1.59 bits per heavy atom. The first-order valence-corrected chi connectivity index (χ1v) is 7.26. The lowest BCUT2D eigenvalue weighted by molar-refractivity contribution is 0.831. The summed E-state index contributed by atoms with van der Waals surface area (Å²) in [5.74, 6) is 0. The number of hydrogen-bond acceptors (Lipinski definition) is 3. The fourth-order valence-electron chi connectivity index (χ4n) is 2.17. The minimum atomic E-state index is -0.214. The van der Waals surface area contributed by atoms with Crippen LogP contribution < -0.4 is 5.56 Å². The summed E-state index contributed by atoms with van der Waals surface area (Å²) in [6.07, 6.45) is 3.29. The van der Waals surface area contributed by atoms with Gasteiger partial charge in [-0.3, -0.25) is 14.3 Å². The van der Waals surface area contributed by atoms with Gasteiger partial charge in [-0.25, -0.2) is 4.98 Å². The zero-order valence-electron chi connectivity index (χ0n) is 11.6. The summed E-state index contributed by atoms with van der Waals surface area (Å²) in [5, 5.41) is 0.738. The van der Waals surface area contributed by atoms with Crippen molar-refractivity contribution < 1.29 is 0 Å². The Labute approximate surface area is 137 Å². The van der Waals surface area contributed by atoms with E-state index in [4.69, 9.17) is 23.2 Å². The van der Waals surface area contributed by atoms with Crippen LogP contribution in [0.1, 0.15) is 0 Å². The molecule has 22 heavy (non-hydrogen) atoms. The van der Waals surface area contributed by atoms with E-state index < -0.39 is 0 Å². The van der Waals surface area contributed by atoms with Gasteiger partial charge in [-0.15, -0.1) is 0 Å². The van der Waals surface area contributed by atoms with Gasteiger partial charge in [-0.1, -0.05) is 23.7 Å². The third-order valence-corrected chi connectivity index (χ3v) is 3.91. The van der Waals surface area contributed by atoms with Crippen molar-refractivity contribution in [2.24, 2.45) is 7.05 Å². The summed E-state index contributed by atoms with van der Waals surface area (Å²) in [6.45, 7) is 0. The zero-order valence-corrected chi connectivity index (χ0v) is 13.1. The van der Waals surface area contributed by atoms with Crippen molar-refractivity contribution in [1.82, 2.24) is 14.5 Å². The molecule has 0 saturated heterocycles. The third kappa shape index (κ3) is 2.63. The fraction of sp³-hybridized carbons (Fsp3) is 0.0625. The molecular formula is C16H11Cl2N3O. The highest BCUT2D eigenvalue weighted by Crippen LogP contribution is 2.29. The van der Waals surface area contributed by atoms with E-state index in [0.29, 0.717) is 16.3 Å². The summed E-state index contributed by atoms with van der Waals surface area (Å²) in [5.41, 5.74) is 2.31. The number of halogens is 2. The number of hydrogen-bond donors (Lipinski definition) is 0. The molecule has 0 aliphatic heterocycles. The second kappa shape index (κ2) is 5.91. The standard InChI is InChI=1S/C16H11Cl2N3O/c1-21-15(22)13(10-2-4-12(17)5-3-10)14(20-16(21)18)11-6-8-19-9-7-11/h2-9H,1H3. The fourth-order valence-corrected chi connectivity index (χ4v) is 2.46. The highest BCUT2D eigenvalue weighted by molar-refractivity contribution is 6.30. The molecule has 0 bridgehead atoms. The van der Waals surface area contributed by atoms with Crippen molar-refractivity contribution in [3.05, 3.63) is 69.5 Å². The normalized spacial score (nSPS) is 10.7. The van der Waals surface area contributed by atoms with E-state index >= 15 is 0 Å². The number of aromatic nitrogens is 3. The highest BCUT2D eigenvalue weighted by atomic mass is 35.5. The van der Waals surface area contributed by atoms with E-state index in [1.165, 1.54) is 4.57 Å². The predicted molar refractivity (Wildman–Crippen MR) is 88.2 cm³/mol. The minimum absolute atomic E-state index is 0.134. The predicted octanol–water partition coefficient (Wildman–Crippen LogP) is 3.82. The maximum Gasteiger partial charge on any atom is 0.262 e. The summed E-state index contributed by atoms with van der Waals surface area (Å²) in [6, 6.07) is 10.6. The molecule has 0 atom stereocenters. The van der Waals surface area contributed by atoms with Crippen LogP contribution in [0.2, 0.25) is 10.3 Å². The lowest BCUT2D eigenvalue weighted by atomic mass is 10.0. The lowest BCUT2D eigenvalue weighted by Crippen LogP contribution is -2.21. The number of rotatable bonds is 2. The zero-order chi connectivity index (χ0) is 15.7. The van der Waals surface area contributed by atoms with Crippen molar-refractivity contribution in [1.29, 1.82) is 0 Å². The molecule has 0 N–H and O–H groups in total. The molecule has 0 radical (unpaired) electrons. The van der Waals surface area contributed by atoms with Gasteiger partial charge in [0.1, 0.15) is 0 Å². The van der Waals surface area contributed by atoms with Gasteiger partial charge in [0.25, 0.3) is 5.56 Å². The maximum absolute atomic E-state index is 12.7. The van der Waals surface area contributed by atoms with Crippen LogP contribution in [0.25, 0.3) is 22.4 Å². The van der Waals surface area contributed by atoms with Crippen molar-refractivity contribution >= 4 is 23.2 Å². The van der Waals surface area contributed by atoms with Gasteiger partial charge in [0.05, 0.1) is 11.3 Å². The molecular weight excluding hydrogens is 321 g/mol. The van der Waals surface area contributed by atoms with Crippen LogP contribution in [0.4, 0.5) is 0 Å². The SMILES string of the molecule is Cn1c(Cl)nc(-c2ccncc2)c(-c2ccc(Cl)cc2)c1=O. The van der Waals surface area contributed by atoms with Crippen LogP contribution >= 0.6 is 23.2 Å². The van der Waals surface area contributed by atoms with Gasteiger partial charge < -0.3 is 0 Å². The molecule has 6 heteroatoms. The molecule has 1 aromatic carbocycles. The lowest BCUT2D eigenvalue weighted by Gasteiger charge is -2.12. The summed E-state index contributed by atoms with van der Waals surface area (Å²) >= 11 is 12.0.